The van der Waals surface area contributed by atoms with Crippen LogP contribution in [-0.2, 0) is 20.8 Å². The molecule has 204 valence electrons. The summed E-state index contributed by atoms with van der Waals surface area (Å²) in [6.45, 7) is 2.93. The average Bonchev–Trinajstić information content (AvgIpc) is 3.80. The van der Waals surface area contributed by atoms with E-state index in [0.29, 0.717) is 66.0 Å². The van der Waals surface area contributed by atoms with E-state index in [1.54, 1.807) is 43.3 Å². The third kappa shape index (κ3) is 6.37. The summed E-state index contributed by atoms with van der Waals surface area (Å²) in [6.07, 6.45) is 3.79. The Balaban J connectivity index is 1.22. The lowest BCUT2D eigenvalue weighted by atomic mass is 9.93. The molecule has 0 spiro atoms. The first-order chi connectivity index (χ1) is 19.0. The van der Waals surface area contributed by atoms with Gasteiger partial charge in [0.1, 0.15) is 17.2 Å². The van der Waals surface area contributed by atoms with E-state index in [9.17, 15) is 9.59 Å². The Bertz CT molecular complexity index is 1320. The fourth-order valence-corrected chi connectivity index (χ4v) is 4.98. The number of carbonyl (C=O) groups is 2. The van der Waals surface area contributed by atoms with Crippen molar-refractivity contribution in [2.45, 2.75) is 44.4 Å². The third-order valence-electron chi connectivity index (χ3n) is 7.08. The highest BCUT2D eigenvalue weighted by Crippen LogP contribution is 2.42. The van der Waals surface area contributed by atoms with Crippen LogP contribution in [0, 0.1) is 0 Å². The fourth-order valence-electron chi connectivity index (χ4n) is 4.77. The summed E-state index contributed by atoms with van der Waals surface area (Å²) in [5.74, 6) is 1.23. The van der Waals surface area contributed by atoms with E-state index in [-0.39, 0.29) is 11.9 Å². The van der Waals surface area contributed by atoms with Crippen LogP contribution in [0.1, 0.15) is 65.1 Å². The number of ether oxygens (including phenoxy) is 3. The van der Waals surface area contributed by atoms with E-state index >= 15 is 0 Å². The Morgan fingerprint density at radius 2 is 1.77 bits per heavy atom. The van der Waals surface area contributed by atoms with Gasteiger partial charge in [-0.3, -0.25) is 14.4 Å². The lowest BCUT2D eigenvalue weighted by molar-refractivity contribution is -0.145. The van der Waals surface area contributed by atoms with Crippen LogP contribution in [0.3, 0.4) is 0 Å². The first-order valence-corrected chi connectivity index (χ1v) is 13.7. The molecular weight excluding hydrogens is 518 g/mol. The van der Waals surface area contributed by atoms with Gasteiger partial charge in [-0.15, -0.1) is 0 Å². The summed E-state index contributed by atoms with van der Waals surface area (Å²) in [6, 6.07) is 18.8. The van der Waals surface area contributed by atoms with Crippen molar-refractivity contribution in [3.8, 4) is 17.2 Å². The molecule has 1 amide bonds. The molecule has 2 aliphatic rings. The van der Waals surface area contributed by atoms with Gasteiger partial charge in [-0.1, -0.05) is 35.9 Å². The molecule has 1 aliphatic heterocycles. The molecule has 8 heteroatoms. The topological polar surface area (TPSA) is 74.3 Å². The number of rotatable bonds is 10. The van der Waals surface area contributed by atoms with Crippen molar-refractivity contribution in [1.82, 2.24) is 5.06 Å². The zero-order chi connectivity index (χ0) is 27.4. The van der Waals surface area contributed by atoms with Crippen LogP contribution in [0.25, 0.3) is 0 Å². The molecular formula is C31H32ClNO6. The Hall–Kier alpha value is -3.55. The van der Waals surface area contributed by atoms with E-state index in [1.807, 2.05) is 0 Å². The van der Waals surface area contributed by atoms with Crippen LogP contribution in [-0.4, -0.2) is 43.8 Å². The Kier molecular flexibility index (Phi) is 8.38. The largest absolute Gasteiger partial charge is 0.493 e. The summed E-state index contributed by atoms with van der Waals surface area (Å²) in [5, 5.41) is 1.71. The number of esters is 1. The van der Waals surface area contributed by atoms with E-state index < -0.39 is 5.92 Å². The molecule has 1 unspecified atom stereocenters. The normalized spacial score (nSPS) is 16.1. The molecule has 1 fully saturated rings. The number of carbonyl (C=O) groups excluding carboxylic acids is 2. The van der Waals surface area contributed by atoms with Gasteiger partial charge in [0.25, 0.3) is 5.91 Å². The molecule has 0 N–H and O–H groups in total. The number of fused-ring (bicyclic) bond motifs is 1. The molecule has 3 aromatic carbocycles. The van der Waals surface area contributed by atoms with Gasteiger partial charge in [0.2, 0.25) is 0 Å². The van der Waals surface area contributed by atoms with Crippen LogP contribution in [0.5, 0.6) is 17.2 Å². The predicted octanol–water partition coefficient (Wildman–Crippen LogP) is 6.69. The van der Waals surface area contributed by atoms with Gasteiger partial charge >= 0.3 is 5.97 Å². The monoisotopic (exact) mass is 549 g/mol. The maximum absolute atomic E-state index is 13.1. The quantitative estimate of drug-likeness (QED) is 0.207. The molecule has 0 radical (unpaired) electrons. The van der Waals surface area contributed by atoms with Crippen LogP contribution in [0.15, 0.2) is 60.7 Å². The first-order valence-electron chi connectivity index (χ1n) is 13.3. The molecule has 7 nitrogen and oxygen atoms in total. The number of halogens is 1. The van der Waals surface area contributed by atoms with Gasteiger partial charge in [-0.25, -0.2) is 5.06 Å². The smallest absolute Gasteiger partial charge is 0.313 e. The number of amides is 1. The molecule has 5 rings (SSSR count). The molecule has 0 saturated heterocycles. The van der Waals surface area contributed by atoms with Crippen molar-refractivity contribution < 1.29 is 28.6 Å². The Morgan fingerprint density at radius 3 is 2.44 bits per heavy atom. The highest BCUT2D eigenvalue weighted by atomic mass is 35.5. The summed E-state index contributed by atoms with van der Waals surface area (Å²) in [5.41, 5.74) is 3.73. The second-order valence-electron chi connectivity index (χ2n) is 9.74. The summed E-state index contributed by atoms with van der Waals surface area (Å²) in [7, 11) is 1.50. The number of nitrogens with zero attached hydrogens (tertiary/aromatic N) is 1. The van der Waals surface area contributed by atoms with Crippen molar-refractivity contribution in [2.75, 3.05) is 26.9 Å². The van der Waals surface area contributed by atoms with Crippen LogP contribution in [0.4, 0.5) is 0 Å². The SMILES string of the molecule is CCOC(=O)C1CCOc2cc(Oc3ccc(C(=O)N(CCc4ccc(C5CC5)cc4)OC)cc3)c(Cl)cc21. The molecule has 0 bridgehead atoms. The van der Waals surface area contributed by atoms with Crippen molar-refractivity contribution in [2.24, 2.45) is 0 Å². The molecule has 1 atom stereocenters. The van der Waals surface area contributed by atoms with Gasteiger partial charge < -0.3 is 14.2 Å². The number of benzene rings is 3. The average molecular weight is 550 g/mol. The van der Waals surface area contributed by atoms with Crippen molar-refractivity contribution in [1.29, 1.82) is 0 Å². The third-order valence-corrected chi connectivity index (χ3v) is 7.38. The number of hydrogen-bond donors (Lipinski definition) is 0. The van der Waals surface area contributed by atoms with Gasteiger partial charge in [-0.05, 0) is 80.0 Å². The minimum Gasteiger partial charge on any atom is -0.493 e. The highest BCUT2D eigenvalue weighted by molar-refractivity contribution is 6.32. The zero-order valence-corrected chi connectivity index (χ0v) is 22.9. The van der Waals surface area contributed by atoms with E-state index in [2.05, 4.69) is 24.3 Å². The summed E-state index contributed by atoms with van der Waals surface area (Å²) < 4.78 is 17.0. The Labute approximate surface area is 233 Å². The lowest BCUT2D eigenvalue weighted by Crippen LogP contribution is -2.31. The maximum Gasteiger partial charge on any atom is 0.313 e. The predicted molar refractivity (Wildman–Crippen MR) is 148 cm³/mol. The van der Waals surface area contributed by atoms with Crippen LogP contribution < -0.4 is 9.47 Å². The first kappa shape index (κ1) is 27.0. The van der Waals surface area contributed by atoms with Gasteiger partial charge in [0, 0.05) is 17.2 Å². The second kappa shape index (κ2) is 12.1. The second-order valence-corrected chi connectivity index (χ2v) is 10.2. The fraction of sp³-hybridized carbons (Fsp3) is 0.355. The van der Waals surface area contributed by atoms with E-state index in [0.717, 1.165) is 11.5 Å². The van der Waals surface area contributed by atoms with Gasteiger partial charge in [0.15, 0.2) is 0 Å². The number of hydrogen-bond acceptors (Lipinski definition) is 6. The summed E-state index contributed by atoms with van der Waals surface area (Å²) in [4.78, 5) is 30.8. The van der Waals surface area contributed by atoms with Crippen molar-refractivity contribution >= 4 is 23.5 Å². The van der Waals surface area contributed by atoms with Crippen molar-refractivity contribution in [3.05, 3.63) is 87.9 Å². The van der Waals surface area contributed by atoms with Crippen molar-refractivity contribution in [3.63, 3.8) is 0 Å². The van der Waals surface area contributed by atoms with Gasteiger partial charge in [-0.2, -0.15) is 0 Å². The number of hydroxylamine groups is 2. The lowest BCUT2D eigenvalue weighted by Gasteiger charge is -2.25. The molecule has 0 aromatic heterocycles. The minimum absolute atomic E-state index is 0.233. The molecule has 1 heterocycles. The van der Waals surface area contributed by atoms with E-state index in [4.69, 9.17) is 30.6 Å². The molecule has 1 saturated carbocycles. The highest BCUT2D eigenvalue weighted by Gasteiger charge is 2.30. The van der Waals surface area contributed by atoms with E-state index in [1.165, 1.54) is 30.6 Å². The standard InChI is InChI=1S/C31H32ClNO6/c1-3-37-31(35)25-15-17-38-28-19-29(27(32)18-26(25)28)39-24-12-10-23(11-13-24)30(34)33(36-2)16-14-20-4-6-21(7-5-20)22-8-9-22/h4-7,10-13,18-19,22,25H,3,8-9,14-17H2,1-2H3. The molecule has 1 aliphatic carbocycles. The zero-order valence-electron chi connectivity index (χ0n) is 22.2. The minimum atomic E-state index is -0.420. The van der Waals surface area contributed by atoms with Crippen LogP contribution >= 0.6 is 11.6 Å². The van der Waals surface area contributed by atoms with Crippen LogP contribution in [0.2, 0.25) is 5.02 Å². The van der Waals surface area contributed by atoms with Gasteiger partial charge in [0.05, 0.1) is 37.8 Å². The summed E-state index contributed by atoms with van der Waals surface area (Å²) >= 11 is 6.50. The maximum atomic E-state index is 13.1. The molecule has 3 aromatic rings. The molecule has 39 heavy (non-hydrogen) atoms. The Morgan fingerprint density at radius 1 is 1.03 bits per heavy atom.